The van der Waals surface area contributed by atoms with Crippen molar-refractivity contribution in [2.75, 3.05) is 13.6 Å². The fraction of sp³-hybridized carbons (Fsp3) is 0.846. The first-order valence-corrected chi connectivity index (χ1v) is 7.36. The van der Waals surface area contributed by atoms with Crippen molar-refractivity contribution < 1.29 is 4.79 Å². The lowest BCUT2D eigenvalue weighted by atomic mass is 9.86. The van der Waals surface area contributed by atoms with E-state index in [1.165, 1.54) is 12.8 Å². The Kier molecular flexibility index (Phi) is 3.69. The van der Waals surface area contributed by atoms with E-state index in [2.05, 4.69) is 20.8 Å². The highest BCUT2D eigenvalue weighted by molar-refractivity contribution is 5.79. The summed E-state index contributed by atoms with van der Waals surface area (Å²) >= 11 is 0. The van der Waals surface area contributed by atoms with E-state index in [1.807, 2.05) is 7.05 Å². The first kappa shape index (κ1) is 13.5. The molecule has 2 fully saturated rings. The number of piperidine rings is 1. The highest BCUT2D eigenvalue weighted by Crippen LogP contribution is 2.38. The SMILES string of the molecule is CN(Cc1nnnn1C)C(=O)[C@@H]1CCCN[C@@H]1C1CC1. The molecule has 0 aromatic carbocycles. The van der Waals surface area contributed by atoms with Gasteiger partial charge in [-0.05, 0) is 48.6 Å². The van der Waals surface area contributed by atoms with Crippen LogP contribution in [0.25, 0.3) is 0 Å². The smallest absolute Gasteiger partial charge is 0.227 e. The van der Waals surface area contributed by atoms with Gasteiger partial charge in [0.05, 0.1) is 12.5 Å². The molecule has 0 unspecified atom stereocenters. The Balaban J connectivity index is 1.65. The first-order valence-electron chi connectivity index (χ1n) is 7.36. The van der Waals surface area contributed by atoms with Gasteiger partial charge in [0, 0.05) is 20.1 Å². The third-order valence-corrected chi connectivity index (χ3v) is 4.42. The minimum absolute atomic E-state index is 0.113. The van der Waals surface area contributed by atoms with Crippen molar-refractivity contribution in [3.05, 3.63) is 5.82 Å². The third kappa shape index (κ3) is 2.67. The van der Waals surface area contributed by atoms with Crippen LogP contribution >= 0.6 is 0 Å². The molecule has 0 radical (unpaired) electrons. The number of hydrogen-bond donors (Lipinski definition) is 1. The van der Waals surface area contributed by atoms with E-state index in [9.17, 15) is 4.79 Å². The number of carbonyl (C=O) groups excluding carboxylic acids is 1. The van der Waals surface area contributed by atoms with Crippen molar-refractivity contribution in [3.63, 3.8) is 0 Å². The van der Waals surface area contributed by atoms with Crippen LogP contribution in [0.1, 0.15) is 31.5 Å². The predicted octanol–water partition coefficient (Wildman–Crippen LogP) is -0.0533. The van der Waals surface area contributed by atoms with Crippen LogP contribution in [0.15, 0.2) is 0 Å². The summed E-state index contributed by atoms with van der Waals surface area (Å²) in [7, 11) is 3.64. The molecule has 2 aliphatic rings. The Morgan fingerprint density at radius 2 is 2.25 bits per heavy atom. The number of hydrogen-bond acceptors (Lipinski definition) is 5. The molecule has 1 aliphatic carbocycles. The molecule has 1 aromatic heterocycles. The third-order valence-electron chi connectivity index (χ3n) is 4.42. The van der Waals surface area contributed by atoms with Crippen molar-refractivity contribution in [1.29, 1.82) is 0 Å². The van der Waals surface area contributed by atoms with Crippen molar-refractivity contribution >= 4 is 5.91 Å². The molecule has 1 saturated carbocycles. The van der Waals surface area contributed by atoms with Crippen LogP contribution in [0.5, 0.6) is 0 Å². The second kappa shape index (κ2) is 5.47. The first-order chi connectivity index (χ1) is 9.66. The average molecular weight is 278 g/mol. The average Bonchev–Trinajstić information content (AvgIpc) is 3.23. The summed E-state index contributed by atoms with van der Waals surface area (Å²) in [5.41, 5.74) is 0. The molecular weight excluding hydrogens is 256 g/mol. The summed E-state index contributed by atoms with van der Waals surface area (Å²) in [5, 5.41) is 14.9. The molecule has 1 amide bonds. The van der Waals surface area contributed by atoms with Crippen molar-refractivity contribution in [3.8, 4) is 0 Å². The summed E-state index contributed by atoms with van der Waals surface area (Å²) in [6.07, 6.45) is 4.60. The van der Waals surface area contributed by atoms with Crippen molar-refractivity contribution in [2.24, 2.45) is 18.9 Å². The molecule has 0 spiro atoms. The summed E-state index contributed by atoms with van der Waals surface area (Å²) < 4.78 is 1.61. The summed E-state index contributed by atoms with van der Waals surface area (Å²) in [6.45, 7) is 1.51. The number of rotatable bonds is 4. The number of nitrogens with one attached hydrogen (secondary N) is 1. The lowest BCUT2D eigenvalue weighted by Gasteiger charge is -2.34. The zero-order valence-corrected chi connectivity index (χ0v) is 12.1. The highest BCUT2D eigenvalue weighted by Gasteiger charge is 2.41. The standard InChI is InChI=1S/C13H22N6O/c1-18(8-11-15-16-17-19(11)2)13(20)10-4-3-7-14-12(10)9-5-6-9/h9-10,12,14H,3-8H2,1-2H3/t10-,12-/m1/s1. The van der Waals surface area contributed by atoms with Gasteiger partial charge in [0.2, 0.25) is 5.91 Å². The maximum absolute atomic E-state index is 12.7. The quantitative estimate of drug-likeness (QED) is 0.835. The summed E-state index contributed by atoms with van der Waals surface area (Å²) in [4.78, 5) is 14.4. The fourth-order valence-corrected chi connectivity index (χ4v) is 3.10. The zero-order valence-electron chi connectivity index (χ0n) is 12.1. The Hall–Kier alpha value is -1.50. The zero-order chi connectivity index (χ0) is 14.1. The van der Waals surface area contributed by atoms with Gasteiger partial charge in [0.15, 0.2) is 5.82 Å². The van der Waals surface area contributed by atoms with Gasteiger partial charge in [-0.15, -0.1) is 5.10 Å². The lowest BCUT2D eigenvalue weighted by Crippen LogP contribution is -2.49. The minimum atomic E-state index is 0.113. The van der Waals surface area contributed by atoms with E-state index < -0.39 is 0 Å². The molecule has 0 bridgehead atoms. The maximum atomic E-state index is 12.7. The molecule has 2 atom stereocenters. The second-order valence-corrected chi connectivity index (χ2v) is 5.98. The molecular formula is C13H22N6O. The van der Waals surface area contributed by atoms with Gasteiger partial charge in [0.1, 0.15) is 0 Å². The van der Waals surface area contributed by atoms with Gasteiger partial charge in [-0.2, -0.15) is 0 Å². The molecule has 1 saturated heterocycles. The van der Waals surface area contributed by atoms with Crippen LogP contribution in [0, 0.1) is 11.8 Å². The minimum Gasteiger partial charge on any atom is -0.338 e. The predicted molar refractivity (Wildman–Crippen MR) is 72.5 cm³/mol. The van der Waals surface area contributed by atoms with Gasteiger partial charge >= 0.3 is 0 Å². The topological polar surface area (TPSA) is 75.9 Å². The Labute approximate surface area is 118 Å². The molecule has 1 N–H and O–H groups in total. The number of amides is 1. The van der Waals surface area contributed by atoms with E-state index >= 15 is 0 Å². The number of aromatic nitrogens is 4. The number of carbonyl (C=O) groups is 1. The van der Waals surface area contributed by atoms with Crippen LogP contribution in [0.3, 0.4) is 0 Å². The fourth-order valence-electron chi connectivity index (χ4n) is 3.10. The van der Waals surface area contributed by atoms with E-state index in [0.29, 0.717) is 24.3 Å². The normalized spacial score (nSPS) is 26.5. The van der Waals surface area contributed by atoms with Crippen molar-refractivity contribution in [1.82, 2.24) is 30.4 Å². The van der Waals surface area contributed by atoms with E-state index in [0.717, 1.165) is 19.4 Å². The Bertz CT molecular complexity index is 483. The van der Waals surface area contributed by atoms with Gasteiger partial charge < -0.3 is 10.2 Å². The maximum Gasteiger partial charge on any atom is 0.227 e. The number of aryl methyl sites for hydroxylation is 1. The summed E-state index contributed by atoms with van der Waals surface area (Å²) in [6, 6.07) is 0.372. The van der Waals surface area contributed by atoms with Gasteiger partial charge in [0.25, 0.3) is 0 Å². The Morgan fingerprint density at radius 1 is 1.45 bits per heavy atom. The highest BCUT2D eigenvalue weighted by atomic mass is 16.2. The number of tetrazole rings is 1. The summed E-state index contributed by atoms with van der Waals surface area (Å²) in [5.74, 6) is 1.75. The lowest BCUT2D eigenvalue weighted by molar-refractivity contribution is -0.137. The Morgan fingerprint density at radius 3 is 2.90 bits per heavy atom. The second-order valence-electron chi connectivity index (χ2n) is 5.98. The molecule has 1 aromatic rings. The van der Waals surface area contributed by atoms with Gasteiger partial charge in [-0.3, -0.25) is 4.79 Å². The molecule has 1 aliphatic heterocycles. The van der Waals surface area contributed by atoms with Crippen LogP contribution in [0.2, 0.25) is 0 Å². The van der Waals surface area contributed by atoms with Crippen LogP contribution in [0.4, 0.5) is 0 Å². The van der Waals surface area contributed by atoms with Gasteiger partial charge in [-0.1, -0.05) is 0 Å². The largest absolute Gasteiger partial charge is 0.338 e. The molecule has 110 valence electrons. The monoisotopic (exact) mass is 278 g/mol. The van der Waals surface area contributed by atoms with Crippen LogP contribution in [-0.4, -0.2) is 50.6 Å². The van der Waals surface area contributed by atoms with Crippen LogP contribution < -0.4 is 5.32 Å². The van der Waals surface area contributed by atoms with E-state index in [4.69, 9.17) is 0 Å². The molecule has 3 rings (SSSR count). The van der Waals surface area contributed by atoms with E-state index in [-0.39, 0.29) is 11.8 Å². The van der Waals surface area contributed by atoms with Gasteiger partial charge in [-0.25, -0.2) is 4.68 Å². The van der Waals surface area contributed by atoms with Crippen molar-refractivity contribution in [2.45, 2.75) is 38.3 Å². The molecule has 2 heterocycles. The number of nitrogens with zero attached hydrogens (tertiary/aromatic N) is 5. The van der Waals surface area contributed by atoms with Crippen LogP contribution in [-0.2, 0) is 18.4 Å². The van der Waals surface area contributed by atoms with E-state index in [1.54, 1.807) is 16.6 Å². The molecule has 20 heavy (non-hydrogen) atoms. The molecule has 7 nitrogen and oxygen atoms in total. The molecule has 7 heteroatoms.